The predicted octanol–water partition coefficient (Wildman–Crippen LogP) is 2.91. The molecule has 0 aromatic heterocycles. The standard InChI is InChI=1S/C11H13BrFNO/c12-7-4-5-8(13)10(6-7)14-9-2-1-3-11(9)15/h4-6,9,11,14-15H,1-3H2. The van der Waals surface area contributed by atoms with E-state index in [4.69, 9.17) is 0 Å². The minimum Gasteiger partial charge on any atom is -0.391 e. The molecule has 0 heterocycles. The molecule has 1 saturated carbocycles. The van der Waals surface area contributed by atoms with Gasteiger partial charge in [-0.25, -0.2) is 4.39 Å². The number of nitrogens with one attached hydrogen (secondary N) is 1. The first-order valence-corrected chi connectivity index (χ1v) is 5.86. The molecule has 1 aromatic rings. The van der Waals surface area contributed by atoms with Crippen molar-refractivity contribution in [2.45, 2.75) is 31.4 Å². The summed E-state index contributed by atoms with van der Waals surface area (Å²) in [6.07, 6.45) is 2.33. The van der Waals surface area contributed by atoms with E-state index in [1.807, 2.05) is 0 Å². The molecule has 2 atom stereocenters. The van der Waals surface area contributed by atoms with Crippen LogP contribution in [-0.2, 0) is 0 Å². The molecule has 0 spiro atoms. The van der Waals surface area contributed by atoms with Gasteiger partial charge < -0.3 is 10.4 Å². The average Bonchev–Trinajstić information content (AvgIpc) is 2.58. The maximum atomic E-state index is 13.4. The molecule has 1 aliphatic rings. The average molecular weight is 274 g/mol. The first-order valence-electron chi connectivity index (χ1n) is 5.06. The zero-order chi connectivity index (χ0) is 10.8. The molecule has 0 aliphatic heterocycles. The van der Waals surface area contributed by atoms with Gasteiger partial charge in [0.15, 0.2) is 0 Å². The van der Waals surface area contributed by atoms with Crippen molar-refractivity contribution in [1.29, 1.82) is 0 Å². The minimum absolute atomic E-state index is 0.0196. The van der Waals surface area contributed by atoms with E-state index < -0.39 is 0 Å². The van der Waals surface area contributed by atoms with Gasteiger partial charge >= 0.3 is 0 Å². The Balaban J connectivity index is 2.12. The maximum absolute atomic E-state index is 13.4. The van der Waals surface area contributed by atoms with Gasteiger partial charge in [-0.15, -0.1) is 0 Å². The lowest BCUT2D eigenvalue weighted by molar-refractivity contribution is 0.171. The molecule has 0 saturated heterocycles. The normalized spacial score (nSPS) is 25.5. The van der Waals surface area contributed by atoms with E-state index in [1.165, 1.54) is 6.07 Å². The molecular weight excluding hydrogens is 261 g/mol. The molecule has 2 nitrogen and oxygen atoms in total. The van der Waals surface area contributed by atoms with Crippen molar-refractivity contribution in [2.75, 3.05) is 5.32 Å². The van der Waals surface area contributed by atoms with E-state index in [0.717, 1.165) is 23.7 Å². The van der Waals surface area contributed by atoms with Crippen molar-refractivity contribution in [3.63, 3.8) is 0 Å². The Bertz CT molecular complexity index is 358. The summed E-state index contributed by atoms with van der Waals surface area (Å²) >= 11 is 3.29. The summed E-state index contributed by atoms with van der Waals surface area (Å²) in [5.41, 5.74) is 0.454. The fourth-order valence-corrected chi connectivity index (χ4v) is 2.28. The first-order chi connectivity index (χ1) is 7.16. The SMILES string of the molecule is OC1CCCC1Nc1cc(Br)ccc1F. The van der Waals surface area contributed by atoms with Crippen LogP contribution in [0.1, 0.15) is 19.3 Å². The van der Waals surface area contributed by atoms with Crippen LogP contribution in [0.5, 0.6) is 0 Å². The largest absolute Gasteiger partial charge is 0.391 e. The molecule has 1 aliphatic carbocycles. The van der Waals surface area contributed by atoms with Crippen molar-refractivity contribution in [3.05, 3.63) is 28.5 Å². The van der Waals surface area contributed by atoms with Gasteiger partial charge in [-0.2, -0.15) is 0 Å². The second kappa shape index (κ2) is 4.49. The fraction of sp³-hybridized carbons (Fsp3) is 0.455. The van der Waals surface area contributed by atoms with E-state index in [0.29, 0.717) is 5.69 Å². The highest BCUT2D eigenvalue weighted by molar-refractivity contribution is 9.10. The van der Waals surface area contributed by atoms with Crippen molar-refractivity contribution in [2.24, 2.45) is 0 Å². The highest BCUT2D eigenvalue weighted by Crippen LogP contribution is 2.26. The number of aliphatic hydroxyl groups excluding tert-OH is 1. The lowest BCUT2D eigenvalue weighted by atomic mass is 10.2. The number of hydrogen-bond acceptors (Lipinski definition) is 2. The molecule has 1 fully saturated rings. The summed E-state index contributed by atoms with van der Waals surface area (Å²) in [4.78, 5) is 0. The van der Waals surface area contributed by atoms with Gasteiger partial charge in [0.05, 0.1) is 17.8 Å². The summed E-state index contributed by atoms with van der Waals surface area (Å²) in [6, 6.07) is 4.74. The van der Waals surface area contributed by atoms with Crippen LogP contribution < -0.4 is 5.32 Å². The fourth-order valence-electron chi connectivity index (χ4n) is 1.92. The summed E-state index contributed by atoms with van der Waals surface area (Å²) in [5.74, 6) is -0.280. The van der Waals surface area contributed by atoms with Gasteiger partial charge in [-0.1, -0.05) is 15.9 Å². The highest BCUT2D eigenvalue weighted by atomic mass is 79.9. The minimum atomic E-state index is -0.358. The van der Waals surface area contributed by atoms with Crippen LogP contribution in [0.25, 0.3) is 0 Å². The van der Waals surface area contributed by atoms with E-state index in [9.17, 15) is 9.50 Å². The molecule has 82 valence electrons. The molecule has 4 heteroatoms. The van der Waals surface area contributed by atoms with Crippen LogP contribution in [0, 0.1) is 5.82 Å². The first kappa shape index (κ1) is 10.9. The second-order valence-electron chi connectivity index (χ2n) is 3.87. The van der Waals surface area contributed by atoms with Gasteiger partial charge in [0.25, 0.3) is 0 Å². The van der Waals surface area contributed by atoms with Crippen molar-refractivity contribution < 1.29 is 9.50 Å². The molecule has 2 rings (SSSR count). The third-order valence-corrected chi connectivity index (χ3v) is 3.24. The number of halogens is 2. The third-order valence-electron chi connectivity index (χ3n) is 2.75. The summed E-state index contributed by atoms with van der Waals surface area (Å²) in [5, 5.41) is 12.7. The predicted molar refractivity (Wildman–Crippen MR) is 61.4 cm³/mol. The molecule has 0 radical (unpaired) electrons. The van der Waals surface area contributed by atoms with Gasteiger partial charge in [0.1, 0.15) is 5.82 Å². The van der Waals surface area contributed by atoms with Crippen molar-refractivity contribution in [1.82, 2.24) is 0 Å². The van der Waals surface area contributed by atoms with Gasteiger partial charge in [-0.05, 0) is 37.5 Å². The van der Waals surface area contributed by atoms with Crippen LogP contribution in [0.3, 0.4) is 0 Å². The van der Waals surface area contributed by atoms with Crippen LogP contribution in [0.2, 0.25) is 0 Å². The van der Waals surface area contributed by atoms with Crippen LogP contribution in [0.15, 0.2) is 22.7 Å². The van der Waals surface area contributed by atoms with Crippen molar-refractivity contribution >= 4 is 21.6 Å². The van der Waals surface area contributed by atoms with E-state index in [-0.39, 0.29) is 18.0 Å². The van der Waals surface area contributed by atoms with Crippen LogP contribution >= 0.6 is 15.9 Å². The Labute approximate surface area is 96.6 Å². The zero-order valence-electron chi connectivity index (χ0n) is 8.21. The molecule has 0 bridgehead atoms. The number of aliphatic hydroxyl groups is 1. The van der Waals surface area contributed by atoms with Crippen LogP contribution in [-0.4, -0.2) is 17.3 Å². The molecule has 2 unspecified atom stereocenters. The Morgan fingerprint density at radius 2 is 2.20 bits per heavy atom. The highest BCUT2D eigenvalue weighted by Gasteiger charge is 2.25. The van der Waals surface area contributed by atoms with Gasteiger partial charge in [0, 0.05) is 4.47 Å². The van der Waals surface area contributed by atoms with Crippen LogP contribution in [0.4, 0.5) is 10.1 Å². The van der Waals surface area contributed by atoms with E-state index in [1.54, 1.807) is 12.1 Å². The quantitative estimate of drug-likeness (QED) is 0.869. The van der Waals surface area contributed by atoms with Crippen molar-refractivity contribution in [3.8, 4) is 0 Å². The number of rotatable bonds is 2. The summed E-state index contributed by atoms with van der Waals surface area (Å²) < 4.78 is 14.2. The number of benzene rings is 1. The zero-order valence-corrected chi connectivity index (χ0v) is 9.80. The Kier molecular flexibility index (Phi) is 3.26. The smallest absolute Gasteiger partial charge is 0.146 e. The maximum Gasteiger partial charge on any atom is 0.146 e. The van der Waals surface area contributed by atoms with Gasteiger partial charge in [0.2, 0.25) is 0 Å². The number of anilines is 1. The summed E-state index contributed by atoms with van der Waals surface area (Å²) in [7, 11) is 0. The topological polar surface area (TPSA) is 32.3 Å². The third kappa shape index (κ3) is 2.49. The van der Waals surface area contributed by atoms with Gasteiger partial charge in [-0.3, -0.25) is 0 Å². The van der Waals surface area contributed by atoms with E-state index >= 15 is 0 Å². The lowest BCUT2D eigenvalue weighted by Gasteiger charge is -2.18. The number of hydrogen-bond donors (Lipinski definition) is 2. The Morgan fingerprint density at radius 3 is 2.87 bits per heavy atom. The molecule has 0 amide bonds. The monoisotopic (exact) mass is 273 g/mol. The molecular formula is C11H13BrFNO. The second-order valence-corrected chi connectivity index (χ2v) is 4.79. The molecule has 15 heavy (non-hydrogen) atoms. The molecule has 2 N–H and O–H groups in total. The van der Waals surface area contributed by atoms with E-state index in [2.05, 4.69) is 21.2 Å². The molecule has 1 aromatic carbocycles. The lowest BCUT2D eigenvalue weighted by Crippen LogP contribution is -2.28. The summed E-state index contributed by atoms with van der Waals surface area (Å²) in [6.45, 7) is 0. The Hall–Kier alpha value is -0.610. The Morgan fingerprint density at radius 1 is 1.40 bits per heavy atom.